The second kappa shape index (κ2) is 9.40. The number of likely N-dealkylation sites (tertiary alicyclic amines) is 1. The van der Waals surface area contributed by atoms with Gasteiger partial charge in [0, 0.05) is 52.2 Å². The first kappa shape index (κ1) is 20.0. The van der Waals surface area contributed by atoms with Crippen LogP contribution >= 0.6 is 0 Å². The topological polar surface area (TPSA) is 90.5 Å². The third-order valence-electron chi connectivity index (χ3n) is 4.96. The summed E-state index contributed by atoms with van der Waals surface area (Å²) in [6.07, 6.45) is 1.72. The molecule has 0 bridgehead atoms. The van der Waals surface area contributed by atoms with Crippen LogP contribution in [0.2, 0.25) is 0 Å². The molecule has 9 heteroatoms. The van der Waals surface area contributed by atoms with Gasteiger partial charge in [0.05, 0.1) is 13.2 Å². The molecule has 0 aromatic heterocycles. The van der Waals surface area contributed by atoms with Gasteiger partial charge in [-0.15, -0.1) is 0 Å². The van der Waals surface area contributed by atoms with Crippen molar-refractivity contribution in [3.8, 4) is 0 Å². The molecule has 2 aliphatic heterocycles. The largest absolute Gasteiger partial charge is 0.450 e. The van der Waals surface area contributed by atoms with Crippen molar-refractivity contribution >= 4 is 24.3 Å². The van der Waals surface area contributed by atoms with E-state index in [0.29, 0.717) is 58.7 Å². The van der Waals surface area contributed by atoms with Gasteiger partial charge in [-0.2, -0.15) is 0 Å². The maximum absolute atomic E-state index is 12.5. The van der Waals surface area contributed by atoms with Gasteiger partial charge in [-0.25, -0.2) is 4.79 Å². The van der Waals surface area contributed by atoms with Crippen LogP contribution in [0.15, 0.2) is 0 Å². The van der Waals surface area contributed by atoms with E-state index in [1.54, 1.807) is 26.5 Å². The summed E-state index contributed by atoms with van der Waals surface area (Å²) in [6, 6.07) is -0.0570. The quantitative estimate of drug-likeness (QED) is 0.625. The molecule has 0 unspecified atom stereocenters. The van der Waals surface area contributed by atoms with Crippen molar-refractivity contribution in [2.75, 3.05) is 52.4 Å². The molecule has 2 saturated heterocycles. The van der Waals surface area contributed by atoms with Crippen molar-refractivity contribution in [3.63, 3.8) is 0 Å². The van der Waals surface area contributed by atoms with Gasteiger partial charge in [0.2, 0.25) is 18.2 Å². The molecule has 4 amide bonds. The van der Waals surface area contributed by atoms with Gasteiger partial charge in [-0.05, 0) is 19.8 Å². The molecule has 2 heterocycles. The number of hydrogen-bond donors (Lipinski definition) is 0. The van der Waals surface area contributed by atoms with Crippen LogP contribution in [-0.4, -0.2) is 102 Å². The maximum Gasteiger partial charge on any atom is 0.409 e. The fraction of sp³-hybridized carbons (Fsp3) is 0.765. The summed E-state index contributed by atoms with van der Waals surface area (Å²) in [4.78, 5) is 53.7. The van der Waals surface area contributed by atoms with Gasteiger partial charge in [0.1, 0.15) is 0 Å². The molecule has 0 aliphatic carbocycles. The van der Waals surface area contributed by atoms with E-state index in [4.69, 9.17) is 4.74 Å². The highest BCUT2D eigenvalue weighted by atomic mass is 16.6. The summed E-state index contributed by atoms with van der Waals surface area (Å²) >= 11 is 0. The maximum atomic E-state index is 12.5. The van der Waals surface area contributed by atoms with Crippen LogP contribution in [0.3, 0.4) is 0 Å². The van der Waals surface area contributed by atoms with E-state index in [-0.39, 0.29) is 30.5 Å². The molecule has 146 valence electrons. The number of piperazine rings is 1. The molecular weight excluding hydrogens is 340 g/mol. The Bertz CT molecular complexity index is 525. The Labute approximate surface area is 153 Å². The lowest BCUT2D eigenvalue weighted by Crippen LogP contribution is -2.54. The van der Waals surface area contributed by atoms with Crippen LogP contribution in [0.4, 0.5) is 4.79 Å². The van der Waals surface area contributed by atoms with Crippen LogP contribution in [0.25, 0.3) is 0 Å². The zero-order valence-electron chi connectivity index (χ0n) is 15.6. The highest BCUT2D eigenvalue weighted by Crippen LogP contribution is 2.18. The number of piperidine rings is 1. The predicted octanol–water partition coefficient (Wildman–Crippen LogP) is -0.244. The Morgan fingerprint density at radius 3 is 2.15 bits per heavy atom. The lowest BCUT2D eigenvalue weighted by atomic mass is 10.0. The minimum atomic E-state index is -0.329. The number of amides is 4. The van der Waals surface area contributed by atoms with Gasteiger partial charge in [-0.1, -0.05) is 0 Å². The SMILES string of the molecule is CCOC(=O)N1CCC(N(CC(=O)N2CCN(C=O)CC2)C(C)=O)CC1. The molecule has 2 rings (SSSR count). The third kappa shape index (κ3) is 5.09. The predicted molar refractivity (Wildman–Crippen MR) is 93.2 cm³/mol. The van der Waals surface area contributed by atoms with E-state index in [9.17, 15) is 19.2 Å². The van der Waals surface area contributed by atoms with Crippen LogP contribution in [0.1, 0.15) is 26.7 Å². The zero-order valence-corrected chi connectivity index (χ0v) is 15.6. The Kier molecular flexibility index (Phi) is 7.23. The number of hydrogen-bond acceptors (Lipinski definition) is 5. The minimum absolute atomic E-state index is 0.0422. The number of carbonyl (C=O) groups excluding carboxylic acids is 4. The summed E-state index contributed by atoms with van der Waals surface area (Å²) in [5.74, 6) is -0.238. The normalized spacial score (nSPS) is 18.5. The van der Waals surface area contributed by atoms with E-state index >= 15 is 0 Å². The molecule has 0 N–H and O–H groups in total. The van der Waals surface area contributed by atoms with Crippen molar-refractivity contribution in [1.82, 2.24) is 19.6 Å². The number of rotatable bonds is 5. The van der Waals surface area contributed by atoms with Crippen molar-refractivity contribution in [2.24, 2.45) is 0 Å². The first-order valence-electron chi connectivity index (χ1n) is 9.12. The lowest BCUT2D eigenvalue weighted by molar-refractivity contribution is -0.143. The second-order valence-corrected chi connectivity index (χ2v) is 6.59. The summed E-state index contributed by atoms with van der Waals surface area (Å²) in [6.45, 7) is 6.66. The number of ether oxygens (including phenoxy) is 1. The molecule has 0 radical (unpaired) electrons. The molecule has 0 aromatic carbocycles. The summed E-state index contributed by atoms with van der Waals surface area (Å²) in [5.41, 5.74) is 0. The van der Waals surface area contributed by atoms with Crippen molar-refractivity contribution in [2.45, 2.75) is 32.7 Å². The van der Waals surface area contributed by atoms with E-state index < -0.39 is 0 Å². The Morgan fingerprint density at radius 2 is 1.65 bits per heavy atom. The van der Waals surface area contributed by atoms with Crippen LogP contribution in [-0.2, 0) is 19.1 Å². The Balaban J connectivity index is 1.87. The van der Waals surface area contributed by atoms with Crippen LogP contribution in [0, 0.1) is 0 Å². The summed E-state index contributed by atoms with van der Waals surface area (Å²) in [5, 5.41) is 0. The minimum Gasteiger partial charge on any atom is -0.450 e. The smallest absolute Gasteiger partial charge is 0.409 e. The molecule has 0 aromatic rings. The molecule has 2 fully saturated rings. The van der Waals surface area contributed by atoms with Gasteiger partial charge < -0.3 is 24.3 Å². The summed E-state index contributed by atoms with van der Waals surface area (Å²) < 4.78 is 5.00. The average Bonchev–Trinajstić information content (AvgIpc) is 2.66. The Hall–Kier alpha value is -2.32. The molecule has 0 spiro atoms. The first-order chi connectivity index (χ1) is 12.5. The fourth-order valence-corrected chi connectivity index (χ4v) is 3.39. The molecule has 2 aliphatic rings. The highest BCUT2D eigenvalue weighted by Gasteiger charge is 2.31. The lowest BCUT2D eigenvalue weighted by Gasteiger charge is -2.39. The van der Waals surface area contributed by atoms with E-state index in [2.05, 4.69) is 0 Å². The van der Waals surface area contributed by atoms with Crippen LogP contribution in [0.5, 0.6) is 0 Å². The van der Waals surface area contributed by atoms with E-state index in [1.807, 2.05) is 0 Å². The third-order valence-corrected chi connectivity index (χ3v) is 4.96. The van der Waals surface area contributed by atoms with Crippen molar-refractivity contribution in [1.29, 1.82) is 0 Å². The zero-order chi connectivity index (χ0) is 19.1. The van der Waals surface area contributed by atoms with E-state index in [0.717, 1.165) is 6.41 Å². The van der Waals surface area contributed by atoms with Crippen LogP contribution < -0.4 is 0 Å². The van der Waals surface area contributed by atoms with Gasteiger partial charge in [0.15, 0.2) is 0 Å². The summed E-state index contributed by atoms with van der Waals surface area (Å²) in [7, 11) is 0. The van der Waals surface area contributed by atoms with Crippen molar-refractivity contribution < 1.29 is 23.9 Å². The number of carbonyl (C=O) groups is 4. The van der Waals surface area contributed by atoms with Gasteiger partial charge >= 0.3 is 6.09 Å². The van der Waals surface area contributed by atoms with Crippen molar-refractivity contribution in [3.05, 3.63) is 0 Å². The molecular formula is C17H28N4O5. The molecule has 26 heavy (non-hydrogen) atoms. The standard InChI is InChI=1S/C17H28N4O5/c1-3-26-17(25)20-6-4-15(5-7-20)21(14(2)23)12-16(24)19-10-8-18(13-22)9-11-19/h13,15H,3-12H2,1-2H3. The van der Waals surface area contributed by atoms with E-state index in [1.165, 1.54) is 6.92 Å². The molecule has 0 atom stereocenters. The number of nitrogens with zero attached hydrogens (tertiary/aromatic N) is 4. The second-order valence-electron chi connectivity index (χ2n) is 6.59. The average molecular weight is 368 g/mol. The monoisotopic (exact) mass is 368 g/mol. The Morgan fingerprint density at radius 1 is 1.04 bits per heavy atom. The van der Waals surface area contributed by atoms with Gasteiger partial charge in [0.25, 0.3) is 0 Å². The molecule has 0 saturated carbocycles. The fourth-order valence-electron chi connectivity index (χ4n) is 3.39. The van der Waals surface area contributed by atoms with Gasteiger partial charge in [-0.3, -0.25) is 14.4 Å². The highest BCUT2D eigenvalue weighted by molar-refractivity contribution is 5.84. The first-order valence-corrected chi connectivity index (χ1v) is 9.12. The molecule has 9 nitrogen and oxygen atoms in total.